The van der Waals surface area contributed by atoms with Gasteiger partial charge in [0, 0.05) is 21.1 Å². The lowest BCUT2D eigenvalue weighted by atomic mass is 9.90. The Kier molecular flexibility index (Phi) is 6.34. The van der Waals surface area contributed by atoms with Crippen molar-refractivity contribution < 1.29 is 4.79 Å². The van der Waals surface area contributed by atoms with Crippen molar-refractivity contribution in [2.75, 3.05) is 6.54 Å². The molecule has 1 atom stereocenters. The first-order valence-corrected chi connectivity index (χ1v) is 8.08. The zero-order chi connectivity index (χ0) is 14.6. The van der Waals surface area contributed by atoms with Gasteiger partial charge in [0.1, 0.15) is 0 Å². The number of amides is 1. The van der Waals surface area contributed by atoms with Crippen LogP contribution in [0.15, 0.2) is 27.1 Å². The van der Waals surface area contributed by atoms with Gasteiger partial charge in [0.25, 0.3) is 5.91 Å². The molecule has 1 N–H and O–H groups in total. The highest BCUT2D eigenvalue weighted by molar-refractivity contribution is 9.11. The first-order valence-electron chi connectivity index (χ1n) is 6.06. The molecule has 19 heavy (non-hydrogen) atoms. The Morgan fingerprint density at radius 2 is 1.79 bits per heavy atom. The highest BCUT2D eigenvalue weighted by atomic mass is 79.9. The topological polar surface area (TPSA) is 29.1 Å². The Morgan fingerprint density at radius 1 is 1.26 bits per heavy atom. The van der Waals surface area contributed by atoms with Crippen molar-refractivity contribution >= 4 is 49.4 Å². The van der Waals surface area contributed by atoms with Crippen LogP contribution < -0.4 is 5.32 Å². The quantitative estimate of drug-likeness (QED) is 0.695. The van der Waals surface area contributed by atoms with E-state index in [1.54, 1.807) is 12.1 Å². The predicted molar refractivity (Wildman–Crippen MR) is 87.9 cm³/mol. The second-order valence-corrected chi connectivity index (χ2v) is 8.18. The number of carbonyl (C=O) groups excluding carboxylic acids is 1. The minimum Gasteiger partial charge on any atom is -0.351 e. The largest absolute Gasteiger partial charge is 0.351 e. The van der Waals surface area contributed by atoms with Crippen LogP contribution in [0.1, 0.15) is 37.6 Å². The summed E-state index contributed by atoms with van der Waals surface area (Å²) >= 11 is 13.0. The molecule has 0 fully saturated rings. The molecule has 0 aliphatic carbocycles. The number of halogens is 3. The van der Waals surface area contributed by atoms with Gasteiger partial charge < -0.3 is 5.32 Å². The maximum atomic E-state index is 12.0. The fraction of sp³-hybridized carbons (Fsp3) is 0.500. The van der Waals surface area contributed by atoms with E-state index >= 15 is 0 Å². The molecule has 5 heteroatoms. The summed E-state index contributed by atoms with van der Waals surface area (Å²) in [4.78, 5) is 12.0. The molecular weight excluding hydrogens is 393 g/mol. The van der Waals surface area contributed by atoms with E-state index in [9.17, 15) is 4.79 Å². The number of alkyl halides is 1. The van der Waals surface area contributed by atoms with Crippen LogP contribution in [0.25, 0.3) is 0 Å². The number of rotatable bonds is 4. The van der Waals surface area contributed by atoms with Crippen LogP contribution in [0.4, 0.5) is 0 Å². The van der Waals surface area contributed by atoms with Crippen LogP contribution in [-0.2, 0) is 0 Å². The molecule has 1 aromatic carbocycles. The van der Waals surface area contributed by atoms with E-state index in [-0.39, 0.29) is 16.7 Å². The minimum atomic E-state index is -0.110. The van der Waals surface area contributed by atoms with Crippen LogP contribution in [0.2, 0.25) is 0 Å². The Labute approximate surface area is 136 Å². The van der Waals surface area contributed by atoms with E-state index in [2.05, 4.69) is 57.9 Å². The van der Waals surface area contributed by atoms with Gasteiger partial charge in [-0.15, -0.1) is 11.6 Å². The normalized spacial score (nSPS) is 13.2. The van der Waals surface area contributed by atoms with E-state index in [0.717, 1.165) is 15.4 Å². The lowest BCUT2D eigenvalue weighted by molar-refractivity contribution is 0.0952. The third-order valence-electron chi connectivity index (χ3n) is 2.44. The monoisotopic (exact) mass is 409 g/mol. The molecule has 0 aromatic heterocycles. The van der Waals surface area contributed by atoms with Crippen LogP contribution in [0, 0.1) is 5.41 Å². The Hall–Kier alpha value is -0.0600. The molecule has 0 saturated carbocycles. The van der Waals surface area contributed by atoms with Gasteiger partial charge in [-0.25, -0.2) is 0 Å². The summed E-state index contributed by atoms with van der Waals surface area (Å²) in [5, 5.41) is 2.81. The van der Waals surface area contributed by atoms with E-state index in [4.69, 9.17) is 11.6 Å². The van der Waals surface area contributed by atoms with Gasteiger partial charge in [0.15, 0.2) is 0 Å². The molecule has 0 saturated heterocycles. The fourth-order valence-corrected chi connectivity index (χ4v) is 3.56. The van der Waals surface area contributed by atoms with E-state index in [0.29, 0.717) is 12.1 Å². The fourth-order valence-electron chi connectivity index (χ4n) is 1.73. The van der Waals surface area contributed by atoms with Gasteiger partial charge in [0.2, 0.25) is 0 Å². The average Bonchev–Trinajstić information content (AvgIpc) is 2.22. The maximum absolute atomic E-state index is 12.0. The number of hydrogen-bond donors (Lipinski definition) is 1. The molecular formula is C14H18Br2ClNO. The lowest BCUT2D eigenvalue weighted by Gasteiger charge is -2.22. The van der Waals surface area contributed by atoms with E-state index in [1.165, 1.54) is 0 Å². The summed E-state index contributed by atoms with van der Waals surface area (Å²) in [6.45, 7) is 6.88. The van der Waals surface area contributed by atoms with Gasteiger partial charge in [-0.2, -0.15) is 0 Å². The van der Waals surface area contributed by atoms with Gasteiger partial charge in [0.05, 0.1) is 5.38 Å². The molecule has 0 bridgehead atoms. The van der Waals surface area contributed by atoms with E-state index < -0.39 is 0 Å². The summed E-state index contributed by atoms with van der Waals surface area (Å²) in [7, 11) is 0. The lowest BCUT2D eigenvalue weighted by Crippen LogP contribution is -2.31. The Bertz CT molecular complexity index is 437. The molecule has 0 heterocycles. The summed E-state index contributed by atoms with van der Waals surface area (Å²) in [5.74, 6) is -0.110. The number of nitrogens with one attached hydrogen (secondary N) is 1. The van der Waals surface area contributed by atoms with Gasteiger partial charge in [-0.05, 0) is 30.0 Å². The zero-order valence-electron chi connectivity index (χ0n) is 11.3. The molecule has 1 unspecified atom stereocenters. The highest BCUT2D eigenvalue weighted by Crippen LogP contribution is 2.23. The first kappa shape index (κ1) is 17.0. The smallest absolute Gasteiger partial charge is 0.251 e. The Morgan fingerprint density at radius 3 is 2.26 bits per heavy atom. The molecule has 106 valence electrons. The third kappa shape index (κ3) is 6.77. The van der Waals surface area contributed by atoms with Crippen molar-refractivity contribution in [2.45, 2.75) is 32.6 Å². The van der Waals surface area contributed by atoms with Gasteiger partial charge in [-0.1, -0.05) is 52.6 Å². The summed E-state index contributed by atoms with van der Waals surface area (Å²) in [6, 6.07) is 5.46. The second-order valence-electron chi connectivity index (χ2n) is 5.73. The van der Waals surface area contributed by atoms with Crippen molar-refractivity contribution in [1.82, 2.24) is 5.32 Å². The van der Waals surface area contributed by atoms with Crippen molar-refractivity contribution in [3.05, 3.63) is 32.7 Å². The molecule has 1 rings (SSSR count). The predicted octanol–water partition coefficient (Wildman–Crippen LogP) is 4.99. The number of benzene rings is 1. The summed E-state index contributed by atoms with van der Waals surface area (Å²) < 4.78 is 1.73. The molecule has 0 aliphatic heterocycles. The average molecular weight is 412 g/mol. The molecule has 0 radical (unpaired) electrons. The van der Waals surface area contributed by atoms with Crippen LogP contribution in [0.3, 0.4) is 0 Å². The molecule has 1 amide bonds. The van der Waals surface area contributed by atoms with Crippen molar-refractivity contribution in [2.24, 2.45) is 5.41 Å². The molecule has 0 aliphatic rings. The minimum absolute atomic E-state index is 0.0560. The third-order valence-corrected chi connectivity index (χ3v) is 3.67. The van der Waals surface area contributed by atoms with E-state index in [1.807, 2.05) is 6.07 Å². The Balaban J connectivity index is 2.56. The maximum Gasteiger partial charge on any atom is 0.251 e. The first-order chi connectivity index (χ1) is 8.67. The molecule has 2 nitrogen and oxygen atoms in total. The molecule has 0 spiro atoms. The van der Waals surface area contributed by atoms with Gasteiger partial charge >= 0.3 is 0 Å². The van der Waals surface area contributed by atoms with Crippen LogP contribution in [0.5, 0.6) is 0 Å². The molecule has 1 aromatic rings. The van der Waals surface area contributed by atoms with Crippen molar-refractivity contribution in [3.8, 4) is 0 Å². The standard InChI is InChI=1S/C14H18Br2ClNO/c1-14(2,3)7-12(17)8-18-13(19)9-4-10(15)6-11(16)5-9/h4-6,12H,7-8H2,1-3H3,(H,18,19). The zero-order valence-corrected chi connectivity index (χ0v) is 15.2. The SMILES string of the molecule is CC(C)(C)CC(Cl)CNC(=O)c1cc(Br)cc(Br)c1. The number of hydrogen-bond acceptors (Lipinski definition) is 1. The number of carbonyl (C=O) groups is 1. The van der Waals surface area contributed by atoms with Crippen LogP contribution in [-0.4, -0.2) is 17.8 Å². The van der Waals surface area contributed by atoms with Gasteiger partial charge in [-0.3, -0.25) is 4.79 Å². The van der Waals surface area contributed by atoms with Crippen molar-refractivity contribution in [3.63, 3.8) is 0 Å². The van der Waals surface area contributed by atoms with Crippen molar-refractivity contribution in [1.29, 1.82) is 0 Å². The summed E-state index contributed by atoms with van der Waals surface area (Å²) in [6.07, 6.45) is 0.858. The second kappa shape index (κ2) is 7.09. The summed E-state index contributed by atoms with van der Waals surface area (Å²) in [5.41, 5.74) is 0.775. The van der Waals surface area contributed by atoms with Crippen LogP contribution >= 0.6 is 43.5 Å². The highest BCUT2D eigenvalue weighted by Gasteiger charge is 2.17.